The molecule has 2 N–H and O–H groups in total. The number of nitrogens with zero attached hydrogens (tertiary/aromatic N) is 1. The van der Waals surface area contributed by atoms with E-state index in [-0.39, 0.29) is 17.7 Å². The summed E-state index contributed by atoms with van der Waals surface area (Å²) in [5, 5.41) is 6.05. The third-order valence-corrected chi connectivity index (χ3v) is 3.93. The molecule has 5 heteroatoms. The number of hydrogen-bond acceptors (Lipinski definition) is 3. The first kappa shape index (κ1) is 16.5. The van der Waals surface area contributed by atoms with E-state index in [1.807, 2.05) is 38.1 Å². The van der Waals surface area contributed by atoms with E-state index in [0.717, 1.165) is 18.7 Å². The Kier molecular flexibility index (Phi) is 5.95. The summed E-state index contributed by atoms with van der Waals surface area (Å²) in [7, 11) is 0. The second-order valence-corrected chi connectivity index (χ2v) is 5.81. The van der Waals surface area contributed by atoms with Gasteiger partial charge in [0.25, 0.3) is 0 Å². The van der Waals surface area contributed by atoms with Gasteiger partial charge in [-0.2, -0.15) is 0 Å². The van der Waals surface area contributed by atoms with Crippen molar-refractivity contribution in [1.82, 2.24) is 15.5 Å². The van der Waals surface area contributed by atoms with Crippen molar-refractivity contribution in [3.8, 4) is 0 Å². The summed E-state index contributed by atoms with van der Waals surface area (Å²) in [6, 6.07) is 8.15. The summed E-state index contributed by atoms with van der Waals surface area (Å²) in [6.07, 6.45) is 0.318. The monoisotopic (exact) mass is 303 g/mol. The third-order valence-electron chi connectivity index (χ3n) is 3.93. The number of aryl methyl sites for hydroxylation is 1. The van der Waals surface area contributed by atoms with Crippen molar-refractivity contribution in [2.75, 3.05) is 26.2 Å². The molecule has 120 valence electrons. The van der Waals surface area contributed by atoms with Gasteiger partial charge in [0.1, 0.15) is 0 Å². The van der Waals surface area contributed by atoms with Gasteiger partial charge in [-0.25, -0.2) is 0 Å². The molecule has 2 rings (SSSR count). The Hall–Kier alpha value is -1.88. The molecule has 1 unspecified atom stereocenters. The molecule has 0 aliphatic carbocycles. The van der Waals surface area contributed by atoms with E-state index in [1.54, 1.807) is 4.90 Å². The molecule has 0 spiro atoms. The van der Waals surface area contributed by atoms with Crippen LogP contribution in [0.2, 0.25) is 0 Å². The van der Waals surface area contributed by atoms with Crippen molar-refractivity contribution in [3.63, 3.8) is 0 Å². The molecule has 0 saturated carbocycles. The number of carbonyl (C=O) groups excluding carboxylic acids is 2. The number of likely N-dealkylation sites (tertiary alicyclic amines) is 1. The fourth-order valence-electron chi connectivity index (χ4n) is 2.61. The van der Waals surface area contributed by atoms with Gasteiger partial charge in [0.05, 0.1) is 5.92 Å². The van der Waals surface area contributed by atoms with Crippen LogP contribution in [0.15, 0.2) is 24.3 Å². The quantitative estimate of drug-likeness (QED) is 0.741. The van der Waals surface area contributed by atoms with Gasteiger partial charge in [-0.3, -0.25) is 9.59 Å². The summed E-state index contributed by atoms with van der Waals surface area (Å²) >= 11 is 0. The van der Waals surface area contributed by atoms with Crippen molar-refractivity contribution in [3.05, 3.63) is 35.4 Å². The number of hydrogen-bond donors (Lipinski definition) is 2. The molecular formula is C17H25N3O2. The van der Waals surface area contributed by atoms with Gasteiger partial charge in [0.15, 0.2) is 0 Å². The molecule has 2 amide bonds. The molecule has 0 aromatic heterocycles. The minimum absolute atomic E-state index is 0.0161. The largest absolute Gasteiger partial charge is 0.355 e. The van der Waals surface area contributed by atoms with Crippen molar-refractivity contribution < 1.29 is 9.59 Å². The van der Waals surface area contributed by atoms with Gasteiger partial charge < -0.3 is 15.5 Å². The Morgan fingerprint density at radius 3 is 2.68 bits per heavy atom. The van der Waals surface area contributed by atoms with Crippen LogP contribution in [-0.4, -0.2) is 42.9 Å². The lowest BCUT2D eigenvalue weighted by Gasteiger charge is -2.17. The lowest BCUT2D eigenvalue weighted by molar-refractivity contribution is -0.129. The van der Waals surface area contributed by atoms with Crippen molar-refractivity contribution in [2.24, 2.45) is 5.92 Å². The van der Waals surface area contributed by atoms with Crippen LogP contribution in [0.25, 0.3) is 0 Å². The molecule has 0 radical (unpaired) electrons. The predicted molar refractivity (Wildman–Crippen MR) is 86.3 cm³/mol. The van der Waals surface area contributed by atoms with Crippen LogP contribution in [0.4, 0.5) is 0 Å². The lowest BCUT2D eigenvalue weighted by atomic mass is 10.1. The molecule has 1 fully saturated rings. The lowest BCUT2D eigenvalue weighted by Crippen LogP contribution is -2.36. The molecule has 1 heterocycles. The summed E-state index contributed by atoms with van der Waals surface area (Å²) in [5.74, 6) is -0.176. The number of likely N-dealkylation sites (N-methyl/N-ethyl adjacent to an activating group) is 1. The number of carbonyl (C=O) groups is 2. The molecule has 1 aliphatic rings. The second-order valence-electron chi connectivity index (χ2n) is 5.81. The second kappa shape index (κ2) is 7.94. The Morgan fingerprint density at radius 2 is 2.00 bits per heavy atom. The van der Waals surface area contributed by atoms with Crippen LogP contribution in [-0.2, 0) is 16.1 Å². The molecule has 1 aromatic rings. The third kappa shape index (κ3) is 4.56. The van der Waals surface area contributed by atoms with E-state index in [1.165, 1.54) is 5.56 Å². The van der Waals surface area contributed by atoms with E-state index < -0.39 is 0 Å². The molecule has 5 nitrogen and oxygen atoms in total. The van der Waals surface area contributed by atoms with Crippen LogP contribution in [0.3, 0.4) is 0 Å². The highest BCUT2D eigenvalue weighted by molar-refractivity contribution is 5.89. The molecule has 1 aliphatic heterocycles. The van der Waals surface area contributed by atoms with Gasteiger partial charge in [-0.05, 0) is 19.0 Å². The van der Waals surface area contributed by atoms with Crippen molar-refractivity contribution in [1.29, 1.82) is 0 Å². The maximum atomic E-state index is 12.1. The Bertz CT molecular complexity index is 513. The molecular weight excluding hydrogens is 278 g/mol. The zero-order valence-corrected chi connectivity index (χ0v) is 13.4. The summed E-state index contributed by atoms with van der Waals surface area (Å²) in [6.45, 7) is 7.42. The van der Waals surface area contributed by atoms with Gasteiger partial charge in [-0.1, -0.05) is 36.8 Å². The smallest absolute Gasteiger partial charge is 0.225 e. The first-order chi connectivity index (χ1) is 10.6. The van der Waals surface area contributed by atoms with E-state index in [4.69, 9.17) is 0 Å². The first-order valence-corrected chi connectivity index (χ1v) is 7.92. The van der Waals surface area contributed by atoms with E-state index in [9.17, 15) is 9.59 Å². The SMILES string of the molecule is CCNCCNC(=O)C1CC(=O)N(Cc2ccc(C)cc2)C1. The number of rotatable bonds is 7. The molecule has 1 atom stereocenters. The van der Waals surface area contributed by atoms with E-state index in [0.29, 0.717) is 26.1 Å². The first-order valence-electron chi connectivity index (χ1n) is 7.92. The summed E-state index contributed by atoms with van der Waals surface area (Å²) < 4.78 is 0. The Morgan fingerprint density at radius 1 is 1.27 bits per heavy atom. The summed E-state index contributed by atoms with van der Waals surface area (Å²) in [4.78, 5) is 25.9. The van der Waals surface area contributed by atoms with Gasteiger partial charge in [0, 0.05) is 32.6 Å². The average Bonchev–Trinajstić information content (AvgIpc) is 2.87. The topological polar surface area (TPSA) is 61.4 Å². The van der Waals surface area contributed by atoms with Crippen LogP contribution >= 0.6 is 0 Å². The normalized spacial score (nSPS) is 17.8. The van der Waals surface area contributed by atoms with E-state index in [2.05, 4.69) is 10.6 Å². The highest BCUT2D eigenvalue weighted by atomic mass is 16.2. The fraction of sp³-hybridized carbons (Fsp3) is 0.529. The minimum Gasteiger partial charge on any atom is -0.355 e. The van der Waals surface area contributed by atoms with Gasteiger partial charge in [-0.15, -0.1) is 0 Å². The van der Waals surface area contributed by atoms with Crippen LogP contribution < -0.4 is 10.6 Å². The fourth-order valence-corrected chi connectivity index (χ4v) is 2.61. The maximum absolute atomic E-state index is 12.1. The predicted octanol–water partition coefficient (Wildman–Crippen LogP) is 1.07. The average molecular weight is 303 g/mol. The molecule has 1 saturated heterocycles. The molecule has 0 bridgehead atoms. The standard InChI is InChI=1S/C17H25N3O2/c1-3-18-8-9-19-17(22)15-10-16(21)20(12-15)11-14-6-4-13(2)5-7-14/h4-7,15,18H,3,8-12H2,1-2H3,(H,19,22). The highest BCUT2D eigenvalue weighted by Crippen LogP contribution is 2.20. The van der Waals surface area contributed by atoms with Gasteiger partial charge in [0.2, 0.25) is 11.8 Å². The van der Waals surface area contributed by atoms with Crippen LogP contribution in [0.5, 0.6) is 0 Å². The van der Waals surface area contributed by atoms with Crippen molar-refractivity contribution in [2.45, 2.75) is 26.8 Å². The van der Waals surface area contributed by atoms with Crippen molar-refractivity contribution >= 4 is 11.8 Å². The number of benzene rings is 1. The summed E-state index contributed by atoms with van der Waals surface area (Å²) in [5.41, 5.74) is 2.31. The molecule has 1 aromatic carbocycles. The van der Waals surface area contributed by atoms with Crippen LogP contribution in [0.1, 0.15) is 24.5 Å². The molecule has 22 heavy (non-hydrogen) atoms. The minimum atomic E-state index is -0.223. The Balaban J connectivity index is 1.82. The number of nitrogens with one attached hydrogen (secondary N) is 2. The van der Waals surface area contributed by atoms with Crippen LogP contribution in [0, 0.1) is 12.8 Å². The zero-order chi connectivity index (χ0) is 15.9. The van der Waals surface area contributed by atoms with Gasteiger partial charge >= 0.3 is 0 Å². The Labute approximate surface area is 132 Å². The maximum Gasteiger partial charge on any atom is 0.225 e. The van der Waals surface area contributed by atoms with E-state index >= 15 is 0 Å². The highest BCUT2D eigenvalue weighted by Gasteiger charge is 2.33. The number of amides is 2. The zero-order valence-electron chi connectivity index (χ0n) is 13.4.